The van der Waals surface area contributed by atoms with Crippen molar-refractivity contribution in [2.75, 3.05) is 12.3 Å². The van der Waals surface area contributed by atoms with Crippen molar-refractivity contribution in [2.45, 2.75) is 44.3 Å². The van der Waals surface area contributed by atoms with E-state index < -0.39 is 0 Å². The van der Waals surface area contributed by atoms with Gasteiger partial charge in [-0.25, -0.2) is 4.98 Å². The first kappa shape index (κ1) is 16.3. The van der Waals surface area contributed by atoms with E-state index in [-0.39, 0.29) is 5.91 Å². The van der Waals surface area contributed by atoms with Gasteiger partial charge in [-0.1, -0.05) is 23.4 Å². The molecule has 1 amide bonds. The fourth-order valence-electron chi connectivity index (χ4n) is 3.41. The lowest BCUT2D eigenvalue weighted by molar-refractivity contribution is -0.131. The Morgan fingerprint density at radius 2 is 2.24 bits per heavy atom. The number of H-pyrrole nitrogens is 1. The van der Waals surface area contributed by atoms with Crippen LogP contribution in [0.1, 0.15) is 31.7 Å². The number of hydrogen-bond acceptors (Lipinski definition) is 5. The SMILES string of the molecule is Cc1ccc2[nH]c3nc(SCC(=O)N4CCCCC4C)nnc3c2c1. The minimum absolute atomic E-state index is 0.160. The van der Waals surface area contributed by atoms with E-state index in [9.17, 15) is 4.79 Å². The van der Waals surface area contributed by atoms with Gasteiger partial charge < -0.3 is 9.88 Å². The van der Waals surface area contributed by atoms with Crippen LogP contribution in [0.15, 0.2) is 23.4 Å². The maximum Gasteiger partial charge on any atom is 0.233 e. The van der Waals surface area contributed by atoms with Crippen LogP contribution in [0, 0.1) is 6.92 Å². The fourth-order valence-corrected chi connectivity index (χ4v) is 4.08. The Hall–Kier alpha value is -2.15. The van der Waals surface area contributed by atoms with Gasteiger partial charge in [0.2, 0.25) is 11.1 Å². The number of thioether (sulfide) groups is 1. The van der Waals surface area contributed by atoms with Crippen molar-refractivity contribution >= 4 is 39.7 Å². The highest BCUT2D eigenvalue weighted by atomic mass is 32.2. The predicted octanol–water partition coefficient (Wildman–Crippen LogP) is 3.31. The van der Waals surface area contributed by atoms with Crippen LogP contribution in [0.2, 0.25) is 0 Å². The molecule has 130 valence electrons. The molecule has 1 unspecified atom stereocenters. The Morgan fingerprint density at radius 3 is 3.08 bits per heavy atom. The van der Waals surface area contributed by atoms with Crippen LogP contribution in [0.25, 0.3) is 22.1 Å². The van der Waals surface area contributed by atoms with E-state index in [1.165, 1.54) is 23.7 Å². The van der Waals surface area contributed by atoms with E-state index in [1.807, 2.05) is 11.0 Å². The summed E-state index contributed by atoms with van der Waals surface area (Å²) >= 11 is 1.36. The van der Waals surface area contributed by atoms with E-state index in [2.05, 4.69) is 46.1 Å². The van der Waals surface area contributed by atoms with Crippen molar-refractivity contribution in [1.82, 2.24) is 25.1 Å². The maximum atomic E-state index is 12.4. The standard InChI is InChI=1S/C18H21N5OS/c1-11-6-7-14-13(9-11)16-17(19-14)20-18(22-21-16)25-10-15(24)23-8-4-3-5-12(23)2/h6-7,9,12H,3-5,8,10H2,1-2H3,(H,19,20,22). The molecule has 1 fully saturated rings. The molecular formula is C18H21N5OS. The number of amides is 1. The van der Waals surface area contributed by atoms with Gasteiger partial charge in [-0.15, -0.1) is 10.2 Å². The number of piperidine rings is 1. The number of benzene rings is 1. The fraction of sp³-hybridized carbons (Fsp3) is 0.444. The summed E-state index contributed by atoms with van der Waals surface area (Å²) in [4.78, 5) is 22.2. The first-order valence-electron chi connectivity index (χ1n) is 8.67. The van der Waals surface area contributed by atoms with Crippen LogP contribution in [0.3, 0.4) is 0 Å². The van der Waals surface area contributed by atoms with Crippen LogP contribution in [-0.4, -0.2) is 49.3 Å². The number of aromatic nitrogens is 4. The van der Waals surface area contributed by atoms with Crippen molar-refractivity contribution in [3.8, 4) is 0 Å². The average molecular weight is 355 g/mol. The summed E-state index contributed by atoms with van der Waals surface area (Å²) < 4.78 is 0. The van der Waals surface area contributed by atoms with Crippen LogP contribution in [0.5, 0.6) is 0 Å². The number of hydrogen-bond donors (Lipinski definition) is 1. The summed E-state index contributed by atoms with van der Waals surface area (Å²) in [5.41, 5.74) is 3.67. The molecule has 7 heteroatoms. The Balaban J connectivity index is 1.52. The zero-order chi connectivity index (χ0) is 17.4. The average Bonchev–Trinajstić information content (AvgIpc) is 2.97. The van der Waals surface area contributed by atoms with E-state index in [0.29, 0.717) is 17.0 Å². The van der Waals surface area contributed by atoms with Gasteiger partial charge in [-0.2, -0.15) is 0 Å². The third-order valence-electron chi connectivity index (χ3n) is 4.80. The molecule has 0 saturated carbocycles. The second-order valence-electron chi connectivity index (χ2n) is 6.69. The lowest BCUT2D eigenvalue weighted by atomic mass is 10.0. The first-order valence-corrected chi connectivity index (χ1v) is 9.65. The van der Waals surface area contributed by atoms with Crippen LogP contribution in [-0.2, 0) is 4.79 Å². The zero-order valence-electron chi connectivity index (χ0n) is 14.5. The third-order valence-corrected chi connectivity index (χ3v) is 5.62. The van der Waals surface area contributed by atoms with Crippen LogP contribution >= 0.6 is 11.8 Å². The van der Waals surface area contributed by atoms with Crippen LogP contribution in [0.4, 0.5) is 0 Å². The molecule has 1 atom stereocenters. The molecule has 25 heavy (non-hydrogen) atoms. The topological polar surface area (TPSA) is 74.8 Å². The number of aromatic amines is 1. The minimum Gasteiger partial charge on any atom is -0.339 e. The smallest absolute Gasteiger partial charge is 0.233 e. The van der Waals surface area contributed by atoms with E-state index in [1.54, 1.807) is 0 Å². The molecule has 3 aromatic rings. The molecule has 0 aliphatic carbocycles. The number of rotatable bonds is 3. The van der Waals surface area contributed by atoms with E-state index in [4.69, 9.17) is 0 Å². The van der Waals surface area contributed by atoms with Gasteiger partial charge in [0.15, 0.2) is 5.65 Å². The largest absolute Gasteiger partial charge is 0.339 e. The van der Waals surface area contributed by atoms with E-state index >= 15 is 0 Å². The summed E-state index contributed by atoms with van der Waals surface area (Å²) in [7, 11) is 0. The lowest BCUT2D eigenvalue weighted by Crippen LogP contribution is -2.42. The monoisotopic (exact) mass is 355 g/mol. The van der Waals surface area contributed by atoms with Crippen molar-refractivity contribution in [1.29, 1.82) is 0 Å². The Kier molecular flexibility index (Phi) is 4.33. The normalized spacial score (nSPS) is 18.2. The number of fused-ring (bicyclic) bond motifs is 3. The maximum absolute atomic E-state index is 12.4. The quantitative estimate of drug-likeness (QED) is 0.730. The molecule has 1 aliphatic heterocycles. The van der Waals surface area contributed by atoms with Crippen molar-refractivity contribution in [3.63, 3.8) is 0 Å². The second kappa shape index (κ2) is 6.63. The van der Waals surface area contributed by atoms with Crippen LogP contribution < -0.4 is 0 Å². The molecule has 2 aromatic heterocycles. The molecule has 6 nitrogen and oxygen atoms in total. The van der Waals surface area contributed by atoms with Gasteiger partial charge >= 0.3 is 0 Å². The Morgan fingerprint density at radius 1 is 1.36 bits per heavy atom. The number of nitrogens with one attached hydrogen (secondary N) is 1. The van der Waals surface area contributed by atoms with Gasteiger partial charge in [0.1, 0.15) is 5.52 Å². The summed E-state index contributed by atoms with van der Waals surface area (Å²) in [5, 5.41) is 10.1. The zero-order valence-corrected chi connectivity index (χ0v) is 15.3. The minimum atomic E-state index is 0.160. The number of nitrogens with zero attached hydrogens (tertiary/aromatic N) is 4. The molecule has 1 saturated heterocycles. The molecule has 3 heterocycles. The third kappa shape index (κ3) is 3.20. The van der Waals surface area contributed by atoms with Crippen molar-refractivity contribution in [2.24, 2.45) is 0 Å². The van der Waals surface area contributed by atoms with Crippen molar-refractivity contribution < 1.29 is 4.79 Å². The molecule has 1 N–H and O–H groups in total. The summed E-state index contributed by atoms with van der Waals surface area (Å²) in [6.07, 6.45) is 3.40. The molecule has 0 bridgehead atoms. The highest BCUT2D eigenvalue weighted by Crippen LogP contribution is 2.25. The summed E-state index contributed by atoms with van der Waals surface area (Å²) in [5.74, 6) is 0.518. The molecule has 0 radical (unpaired) electrons. The number of carbonyl (C=O) groups is 1. The highest BCUT2D eigenvalue weighted by molar-refractivity contribution is 7.99. The van der Waals surface area contributed by atoms with Gasteiger partial charge in [0.05, 0.1) is 5.75 Å². The number of aryl methyl sites for hydroxylation is 1. The Labute approximate surface area is 150 Å². The summed E-state index contributed by atoms with van der Waals surface area (Å²) in [6.45, 7) is 5.04. The molecule has 1 aliphatic rings. The van der Waals surface area contributed by atoms with Gasteiger partial charge in [-0.3, -0.25) is 4.79 Å². The molecule has 0 spiro atoms. The molecule has 1 aromatic carbocycles. The summed E-state index contributed by atoms with van der Waals surface area (Å²) in [6, 6.07) is 6.50. The number of likely N-dealkylation sites (tertiary alicyclic amines) is 1. The van der Waals surface area contributed by atoms with Crippen molar-refractivity contribution in [3.05, 3.63) is 23.8 Å². The number of carbonyl (C=O) groups excluding carboxylic acids is 1. The van der Waals surface area contributed by atoms with Gasteiger partial charge in [0.25, 0.3) is 0 Å². The highest BCUT2D eigenvalue weighted by Gasteiger charge is 2.23. The molecule has 4 rings (SSSR count). The Bertz CT molecular complexity index is 938. The molecular weight excluding hydrogens is 334 g/mol. The van der Waals surface area contributed by atoms with E-state index in [0.717, 1.165) is 41.5 Å². The first-order chi connectivity index (χ1) is 12.1. The van der Waals surface area contributed by atoms with Gasteiger partial charge in [-0.05, 0) is 45.2 Å². The lowest BCUT2D eigenvalue weighted by Gasteiger charge is -2.33. The van der Waals surface area contributed by atoms with Gasteiger partial charge in [0, 0.05) is 23.5 Å². The predicted molar refractivity (Wildman–Crippen MR) is 99.7 cm³/mol. The second-order valence-corrected chi connectivity index (χ2v) is 7.63.